The number of unbranched alkanes of at least 4 members (excludes halogenated alkanes) is 1. The molecule has 0 aromatic rings. The molecule has 0 aromatic heterocycles. The fourth-order valence-corrected chi connectivity index (χ4v) is 1.53. The van der Waals surface area contributed by atoms with E-state index in [0.717, 1.165) is 13.0 Å². The third-order valence-corrected chi connectivity index (χ3v) is 3.07. The van der Waals surface area contributed by atoms with E-state index in [1.807, 2.05) is 13.8 Å². The van der Waals surface area contributed by atoms with Crippen molar-refractivity contribution in [1.29, 1.82) is 5.26 Å². The van der Waals surface area contributed by atoms with Gasteiger partial charge in [-0.2, -0.15) is 5.26 Å². The van der Waals surface area contributed by atoms with Crippen molar-refractivity contribution in [3.8, 4) is 6.07 Å². The molecule has 1 unspecified atom stereocenters. The highest BCUT2D eigenvalue weighted by molar-refractivity contribution is 4.91. The topological polar surface area (TPSA) is 33.0 Å². The summed E-state index contributed by atoms with van der Waals surface area (Å²) in [6.07, 6.45) is 5.85. The Balaban J connectivity index is 3.60. The first-order valence-corrected chi connectivity index (χ1v) is 6.54. The molecule has 16 heavy (non-hydrogen) atoms. The van der Waals surface area contributed by atoms with Gasteiger partial charge in [-0.25, -0.2) is 0 Å². The predicted octanol–water partition coefficient (Wildman–Crippen LogP) is 4.16. The second-order valence-corrected chi connectivity index (χ2v) is 5.24. The predicted molar refractivity (Wildman–Crippen MR) is 68.1 cm³/mol. The van der Waals surface area contributed by atoms with E-state index in [9.17, 15) is 0 Å². The summed E-state index contributed by atoms with van der Waals surface area (Å²) in [6.45, 7) is 9.95. The fourth-order valence-electron chi connectivity index (χ4n) is 1.53. The normalized spacial score (nSPS) is 13.4. The zero-order valence-electron chi connectivity index (χ0n) is 11.4. The third kappa shape index (κ3) is 7.70. The summed E-state index contributed by atoms with van der Waals surface area (Å²) in [5, 5.41) is 8.86. The third-order valence-electron chi connectivity index (χ3n) is 3.07. The van der Waals surface area contributed by atoms with Crippen LogP contribution < -0.4 is 0 Å². The summed E-state index contributed by atoms with van der Waals surface area (Å²) >= 11 is 0. The molecule has 0 bridgehead atoms. The summed E-state index contributed by atoms with van der Waals surface area (Å²) < 4.78 is 5.67. The molecule has 0 saturated carbocycles. The van der Waals surface area contributed by atoms with Crippen LogP contribution in [0, 0.1) is 22.7 Å². The van der Waals surface area contributed by atoms with Gasteiger partial charge in [-0.1, -0.05) is 33.1 Å². The molecular weight excluding hydrogens is 198 g/mol. The highest BCUT2D eigenvalue weighted by atomic mass is 16.5. The first kappa shape index (κ1) is 15.4. The summed E-state index contributed by atoms with van der Waals surface area (Å²) in [5.41, 5.74) is -0.245. The van der Waals surface area contributed by atoms with Gasteiger partial charge in [-0.05, 0) is 32.6 Å². The van der Waals surface area contributed by atoms with Crippen LogP contribution in [-0.2, 0) is 4.74 Å². The molecule has 0 N–H and O–H groups in total. The van der Waals surface area contributed by atoms with Crippen LogP contribution in [0.5, 0.6) is 0 Å². The monoisotopic (exact) mass is 225 g/mol. The van der Waals surface area contributed by atoms with E-state index in [-0.39, 0.29) is 5.41 Å². The summed E-state index contributed by atoms with van der Waals surface area (Å²) in [6, 6.07) is 2.30. The second-order valence-electron chi connectivity index (χ2n) is 5.24. The van der Waals surface area contributed by atoms with Crippen molar-refractivity contribution >= 4 is 0 Å². The molecule has 0 aromatic carbocycles. The van der Waals surface area contributed by atoms with Gasteiger partial charge < -0.3 is 4.74 Å². The van der Waals surface area contributed by atoms with Gasteiger partial charge in [0, 0.05) is 13.2 Å². The van der Waals surface area contributed by atoms with Gasteiger partial charge in [-0.15, -0.1) is 0 Å². The van der Waals surface area contributed by atoms with Crippen molar-refractivity contribution in [2.45, 2.75) is 59.8 Å². The van der Waals surface area contributed by atoms with Crippen LogP contribution in [0.2, 0.25) is 0 Å². The molecule has 0 radical (unpaired) electrons. The molecule has 0 aliphatic rings. The Hall–Kier alpha value is -0.550. The lowest BCUT2D eigenvalue weighted by atomic mass is 9.92. The Labute approximate surface area is 101 Å². The summed E-state index contributed by atoms with van der Waals surface area (Å²) in [5.74, 6) is 0.699. The van der Waals surface area contributed by atoms with Gasteiger partial charge in [0.2, 0.25) is 0 Å². The van der Waals surface area contributed by atoms with Gasteiger partial charge in [0.1, 0.15) is 0 Å². The van der Waals surface area contributed by atoms with Gasteiger partial charge in [-0.3, -0.25) is 0 Å². The second kappa shape index (κ2) is 8.58. The molecule has 2 nitrogen and oxygen atoms in total. The average molecular weight is 225 g/mol. The highest BCUT2D eigenvalue weighted by Gasteiger charge is 2.16. The lowest BCUT2D eigenvalue weighted by Gasteiger charge is -2.18. The van der Waals surface area contributed by atoms with Crippen molar-refractivity contribution in [3.05, 3.63) is 0 Å². The molecule has 0 saturated heterocycles. The molecule has 1 atom stereocenters. The maximum Gasteiger partial charge on any atom is 0.0684 e. The van der Waals surface area contributed by atoms with Crippen LogP contribution in [-0.4, -0.2) is 13.2 Å². The van der Waals surface area contributed by atoms with E-state index in [4.69, 9.17) is 10.00 Å². The van der Waals surface area contributed by atoms with Gasteiger partial charge >= 0.3 is 0 Å². The summed E-state index contributed by atoms with van der Waals surface area (Å²) in [4.78, 5) is 0. The highest BCUT2D eigenvalue weighted by Crippen LogP contribution is 2.19. The van der Waals surface area contributed by atoms with E-state index in [0.29, 0.717) is 12.5 Å². The first-order chi connectivity index (χ1) is 7.55. The molecule has 0 rings (SSSR count). The molecule has 0 amide bonds. The van der Waals surface area contributed by atoms with Crippen LogP contribution in [0.25, 0.3) is 0 Å². The van der Waals surface area contributed by atoms with Crippen molar-refractivity contribution in [1.82, 2.24) is 0 Å². The molecule has 0 heterocycles. The van der Waals surface area contributed by atoms with Crippen LogP contribution in [0.15, 0.2) is 0 Å². The number of hydrogen-bond acceptors (Lipinski definition) is 2. The van der Waals surface area contributed by atoms with E-state index >= 15 is 0 Å². The van der Waals surface area contributed by atoms with Crippen molar-refractivity contribution in [2.24, 2.45) is 11.3 Å². The van der Waals surface area contributed by atoms with Crippen LogP contribution in [0.4, 0.5) is 0 Å². The van der Waals surface area contributed by atoms with E-state index < -0.39 is 0 Å². The number of nitrogens with zero attached hydrogens (tertiary/aromatic N) is 1. The number of rotatable bonds is 9. The van der Waals surface area contributed by atoms with E-state index in [1.165, 1.54) is 25.7 Å². The number of nitriles is 1. The lowest BCUT2D eigenvalue weighted by molar-refractivity contribution is 0.0800. The van der Waals surface area contributed by atoms with E-state index in [2.05, 4.69) is 19.9 Å². The standard InChI is InChI=1S/C14H27NO/c1-5-7-8-13(6-2)11-16-10-9-14(3,4)12-15/h13H,5-11H2,1-4H3. The quantitative estimate of drug-likeness (QED) is 0.552. The molecule has 0 aliphatic carbocycles. The Bertz CT molecular complexity index is 205. The van der Waals surface area contributed by atoms with Crippen molar-refractivity contribution < 1.29 is 4.74 Å². The summed E-state index contributed by atoms with van der Waals surface area (Å²) in [7, 11) is 0. The van der Waals surface area contributed by atoms with Crippen LogP contribution in [0.3, 0.4) is 0 Å². The lowest BCUT2D eigenvalue weighted by Crippen LogP contribution is -2.15. The molecule has 0 aliphatic heterocycles. The smallest absolute Gasteiger partial charge is 0.0684 e. The minimum absolute atomic E-state index is 0.245. The SMILES string of the molecule is CCCCC(CC)COCCC(C)(C)C#N. The van der Waals surface area contributed by atoms with Gasteiger partial charge in [0.15, 0.2) is 0 Å². The Morgan fingerprint density at radius 1 is 1.31 bits per heavy atom. The molecule has 0 spiro atoms. The number of ether oxygens (including phenoxy) is 1. The molecular formula is C14H27NO. The largest absolute Gasteiger partial charge is 0.381 e. The zero-order chi connectivity index (χ0) is 12.4. The molecule has 2 heteroatoms. The maximum absolute atomic E-state index is 8.86. The zero-order valence-corrected chi connectivity index (χ0v) is 11.4. The van der Waals surface area contributed by atoms with Crippen LogP contribution in [0.1, 0.15) is 59.8 Å². The van der Waals surface area contributed by atoms with E-state index in [1.54, 1.807) is 0 Å². The Morgan fingerprint density at radius 3 is 2.50 bits per heavy atom. The van der Waals surface area contributed by atoms with Crippen LogP contribution >= 0.6 is 0 Å². The van der Waals surface area contributed by atoms with Gasteiger partial charge in [0.05, 0.1) is 11.5 Å². The average Bonchev–Trinajstić information content (AvgIpc) is 2.28. The van der Waals surface area contributed by atoms with Crippen molar-refractivity contribution in [3.63, 3.8) is 0 Å². The maximum atomic E-state index is 8.86. The minimum Gasteiger partial charge on any atom is -0.381 e. The van der Waals surface area contributed by atoms with Gasteiger partial charge in [0.25, 0.3) is 0 Å². The molecule has 94 valence electrons. The minimum atomic E-state index is -0.245. The number of hydrogen-bond donors (Lipinski definition) is 0. The fraction of sp³-hybridized carbons (Fsp3) is 0.929. The first-order valence-electron chi connectivity index (χ1n) is 6.54. The Kier molecular flexibility index (Phi) is 8.29. The Morgan fingerprint density at radius 2 is 2.00 bits per heavy atom. The van der Waals surface area contributed by atoms with Crippen molar-refractivity contribution in [2.75, 3.05) is 13.2 Å². The molecule has 0 fully saturated rings.